The number of alkyl halides is 3. The van der Waals surface area contributed by atoms with Crippen LogP contribution in [0.15, 0.2) is 46.9 Å². The van der Waals surface area contributed by atoms with Gasteiger partial charge in [0.2, 0.25) is 0 Å². The predicted molar refractivity (Wildman–Crippen MR) is 84.5 cm³/mol. The summed E-state index contributed by atoms with van der Waals surface area (Å²) < 4.78 is 55.5. The van der Waals surface area contributed by atoms with E-state index < -0.39 is 36.0 Å². The Bertz CT molecular complexity index is 791. The van der Waals surface area contributed by atoms with Crippen molar-refractivity contribution in [2.75, 3.05) is 11.9 Å². The van der Waals surface area contributed by atoms with Crippen LogP contribution in [0, 0.1) is 5.82 Å². The molecular weight excluding hydrogens is 410 g/mol. The Morgan fingerprint density at radius 2 is 1.72 bits per heavy atom. The standard InChI is InChI=1S/C16H10BrF4NO3/c17-13-6-3-10(18)7-12(13)15(24)25-8-14(23)22-11-4-1-9(2-5-11)16(19,20)21/h1-7H,8H2,(H,22,23). The molecule has 9 heteroatoms. The normalized spacial score (nSPS) is 11.1. The Kier molecular flexibility index (Phi) is 5.78. The third kappa shape index (κ3) is 5.28. The molecule has 4 nitrogen and oxygen atoms in total. The first-order valence-electron chi connectivity index (χ1n) is 6.76. The number of nitrogens with one attached hydrogen (secondary N) is 1. The van der Waals surface area contributed by atoms with Gasteiger partial charge in [0.25, 0.3) is 5.91 Å². The first-order chi connectivity index (χ1) is 11.7. The molecule has 132 valence electrons. The zero-order valence-electron chi connectivity index (χ0n) is 12.4. The van der Waals surface area contributed by atoms with Gasteiger partial charge in [0.1, 0.15) is 5.82 Å². The fourth-order valence-electron chi connectivity index (χ4n) is 1.80. The average Bonchev–Trinajstić information content (AvgIpc) is 2.54. The zero-order chi connectivity index (χ0) is 18.6. The van der Waals surface area contributed by atoms with Crippen LogP contribution in [0.3, 0.4) is 0 Å². The van der Waals surface area contributed by atoms with Gasteiger partial charge in [-0.15, -0.1) is 0 Å². The molecule has 2 aromatic carbocycles. The molecule has 0 unspecified atom stereocenters. The number of esters is 1. The molecule has 1 N–H and O–H groups in total. The molecule has 0 aliphatic rings. The highest BCUT2D eigenvalue weighted by molar-refractivity contribution is 9.10. The van der Waals surface area contributed by atoms with E-state index in [1.54, 1.807) is 0 Å². The van der Waals surface area contributed by atoms with Crippen molar-refractivity contribution in [3.05, 3.63) is 63.9 Å². The van der Waals surface area contributed by atoms with Crippen molar-refractivity contribution >= 4 is 33.5 Å². The quantitative estimate of drug-likeness (QED) is 0.590. The molecule has 1 amide bonds. The van der Waals surface area contributed by atoms with E-state index in [1.807, 2.05) is 0 Å². The number of hydrogen-bond donors (Lipinski definition) is 1. The maximum Gasteiger partial charge on any atom is 0.416 e. The molecule has 0 atom stereocenters. The van der Waals surface area contributed by atoms with Crippen molar-refractivity contribution in [3.63, 3.8) is 0 Å². The van der Waals surface area contributed by atoms with Gasteiger partial charge < -0.3 is 10.1 Å². The first-order valence-corrected chi connectivity index (χ1v) is 7.55. The number of carbonyl (C=O) groups excluding carboxylic acids is 2. The molecule has 0 radical (unpaired) electrons. The van der Waals surface area contributed by atoms with Gasteiger partial charge in [0.15, 0.2) is 6.61 Å². The van der Waals surface area contributed by atoms with Crippen LogP contribution in [-0.4, -0.2) is 18.5 Å². The summed E-state index contributed by atoms with van der Waals surface area (Å²) in [5.74, 6) is -2.32. The molecule has 0 aliphatic heterocycles. The first kappa shape index (κ1) is 18.9. The Morgan fingerprint density at radius 1 is 1.08 bits per heavy atom. The molecule has 25 heavy (non-hydrogen) atoms. The highest BCUT2D eigenvalue weighted by Gasteiger charge is 2.30. The second kappa shape index (κ2) is 7.64. The topological polar surface area (TPSA) is 55.4 Å². The lowest BCUT2D eigenvalue weighted by Gasteiger charge is -2.09. The van der Waals surface area contributed by atoms with E-state index in [-0.39, 0.29) is 11.3 Å². The van der Waals surface area contributed by atoms with E-state index in [9.17, 15) is 27.2 Å². The van der Waals surface area contributed by atoms with Crippen LogP contribution >= 0.6 is 15.9 Å². The Labute approximate surface area is 147 Å². The van der Waals surface area contributed by atoms with Crippen molar-refractivity contribution in [2.45, 2.75) is 6.18 Å². The lowest BCUT2D eigenvalue weighted by molar-refractivity contribution is -0.137. The Balaban J connectivity index is 1.92. The van der Waals surface area contributed by atoms with Gasteiger partial charge in [-0.1, -0.05) is 0 Å². The molecule has 0 saturated heterocycles. The summed E-state index contributed by atoms with van der Waals surface area (Å²) in [6.07, 6.45) is -4.48. The van der Waals surface area contributed by atoms with E-state index in [4.69, 9.17) is 4.74 Å². The highest BCUT2D eigenvalue weighted by Crippen LogP contribution is 2.29. The van der Waals surface area contributed by atoms with Crippen LogP contribution < -0.4 is 5.32 Å². The van der Waals surface area contributed by atoms with E-state index in [0.717, 1.165) is 36.4 Å². The van der Waals surface area contributed by atoms with Crippen LogP contribution in [0.1, 0.15) is 15.9 Å². The number of hydrogen-bond acceptors (Lipinski definition) is 3. The SMILES string of the molecule is O=C(COC(=O)c1cc(F)ccc1Br)Nc1ccc(C(F)(F)F)cc1. The van der Waals surface area contributed by atoms with Crippen LogP contribution in [0.4, 0.5) is 23.2 Å². The van der Waals surface area contributed by atoms with Crippen molar-refractivity contribution in [3.8, 4) is 0 Å². The minimum atomic E-state index is -4.48. The van der Waals surface area contributed by atoms with Crippen LogP contribution in [0.5, 0.6) is 0 Å². The molecule has 0 bridgehead atoms. The van der Waals surface area contributed by atoms with Gasteiger partial charge in [-0.25, -0.2) is 9.18 Å². The molecule has 2 rings (SSSR count). The second-order valence-electron chi connectivity index (χ2n) is 4.82. The fourth-order valence-corrected chi connectivity index (χ4v) is 2.21. The maximum atomic E-state index is 13.1. The van der Waals surface area contributed by atoms with Gasteiger partial charge in [-0.3, -0.25) is 4.79 Å². The lowest BCUT2D eigenvalue weighted by Crippen LogP contribution is -2.21. The molecule has 0 aliphatic carbocycles. The second-order valence-corrected chi connectivity index (χ2v) is 5.68. The number of halogens is 5. The average molecular weight is 420 g/mol. The minimum absolute atomic E-state index is 0.0951. The molecule has 2 aromatic rings. The Hall–Kier alpha value is -2.42. The predicted octanol–water partition coefficient (Wildman–Crippen LogP) is 4.40. The number of amides is 1. The van der Waals surface area contributed by atoms with Gasteiger partial charge in [-0.05, 0) is 58.4 Å². The third-order valence-electron chi connectivity index (χ3n) is 2.98. The number of anilines is 1. The van der Waals surface area contributed by atoms with Crippen LogP contribution in [-0.2, 0) is 15.7 Å². The molecule has 0 saturated carbocycles. The van der Waals surface area contributed by atoms with E-state index in [1.165, 1.54) is 6.07 Å². The van der Waals surface area contributed by atoms with E-state index in [0.29, 0.717) is 4.47 Å². The van der Waals surface area contributed by atoms with Gasteiger partial charge in [0.05, 0.1) is 11.1 Å². The molecule has 0 spiro atoms. The van der Waals surface area contributed by atoms with Crippen molar-refractivity contribution < 1.29 is 31.9 Å². The smallest absolute Gasteiger partial charge is 0.416 e. The minimum Gasteiger partial charge on any atom is -0.452 e. The number of rotatable bonds is 4. The maximum absolute atomic E-state index is 13.1. The third-order valence-corrected chi connectivity index (χ3v) is 3.67. The Morgan fingerprint density at radius 3 is 2.32 bits per heavy atom. The largest absolute Gasteiger partial charge is 0.452 e. The number of benzene rings is 2. The zero-order valence-corrected chi connectivity index (χ0v) is 13.9. The van der Waals surface area contributed by atoms with Crippen molar-refractivity contribution in [1.29, 1.82) is 0 Å². The van der Waals surface area contributed by atoms with Crippen LogP contribution in [0.2, 0.25) is 0 Å². The van der Waals surface area contributed by atoms with Gasteiger partial charge in [0, 0.05) is 10.2 Å². The summed E-state index contributed by atoms with van der Waals surface area (Å²) in [6, 6.07) is 7.17. The van der Waals surface area contributed by atoms with Crippen molar-refractivity contribution in [1.82, 2.24) is 0 Å². The molecule has 0 aromatic heterocycles. The summed E-state index contributed by atoms with van der Waals surface area (Å²) in [4.78, 5) is 23.5. The van der Waals surface area contributed by atoms with Gasteiger partial charge in [-0.2, -0.15) is 13.2 Å². The molecule has 0 heterocycles. The summed E-state index contributed by atoms with van der Waals surface area (Å²) in [5, 5.41) is 2.28. The van der Waals surface area contributed by atoms with Crippen LogP contribution in [0.25, 0.3) is 0 Å². The summed E-state index contributed by atoms with van der Waals surface area (Å²) >= 11 is 3.05. The van der Waals surface area contributed by atoms with E-state index >= 15 is 0 Å². The van der Waals surface area contributed by atoms with Gasteiger partial charge >= 0.3 is 12.1 Å². The monoisotopic (exact) mass is 419 g/mol. The molecular formula is C16H10BrF4NO3. The van der Waals surface area contributed by atoms with E-state index in [2.05, 4.69) is 21.2 Å². The lowest BCUT2D eigenvalue weighted by atomic mass is 10.2. The highest BCUT2D eigenvalue weighted by atomic mass is 79.9. The number of carbonyl (C=O) groups is 2. The summed E-state index contributed by atoms with van der Waals surface area (Å²) in [5.41, 5.74) is -0.837. The molecule has 0 fully saturated rings. The van der Waals surface area contributed by atoms with Crippen molar-refractivity contribution in [2.24, 2.45) is 0 Å². The number of ether oxygens (including phenoxy) is 1. The summed E-state index contributed by atoms with van der Waals surface area (Å²) in [6.45, 7) is -0.678. The fraction of sp³-hybridized carbons (Fsp3) is 0.125. The summed E-state index contributed by atoms with van der Waals surface area (Å²) in [7, 11) is 0.